The van der Waals surface area contributed by atoms with Crippen molar-refractivity contribution in [3.63, 3.8) is 0 Å². The van der Waals surface area contributed by atoms with E-state index < -0.39 is 5.60 Å². The Morgan fingerprint density at radius 3 is 2.42 bits per heavy atom. The topological polar surface area (TPSA) is 49.9 Å². The van der Waals surface area contributed by atoms with Crippen molar-refractivity contribution in [3.05, 3.63) is 0 Å². The first-order valence-electron chi connectivity index (χ1n) is 6.86. The number of rotatable bonds is 3. The maximum atomic E-state index is 12.2. The molecule has 110 valence electrons. The summed E-state index contributed by atoms with van der Waals surface area (Å²) in [5.74, 6) is 0.164. The lowest BCUT2D eigenvalue weighted by atomic mass is 10.1. The molecule has 1 saturated heterocycles. The molecule has 19 heavy (non-hydrogen) atoms. The molecule has 0 saturated carbocycles. The van der Waals surface area contributed by atoms with Crippen molar-refractivity contribution in [3.8, 4) is 0 Å². The van der Waals surface area contributed by atoms with Gasteiger partial charge in [0.15, 0.2) is 0 Å². The van der Waals surface area contributed by atoms with Crippen LogP contribution in [0.3, 0.4) is 0 Å². The lowest BCUT2D eigenvalue weighted by Crippen LogP contribution is -2.55. The molecule has 5 nitrogen and oxygen atoms in total. The van der Waals surface area contributed by atoms with Crippen molar-refractivity contribution >= 4 is 11.9 Å². The summed E-state index contributed by atoms with van der Waals surface area (Å²) in [5, 5.41) is 0. The molecule has 1 aliphatic heterocycles. The third-order valence-electron chi connectivity index (χ3n) is 3.14. The summed E-state index contributed by atoms with van der Waals surface area (Å²) in [4.78, 5) is 27.3. The monoisotopic (exact) mass is 270 g/mol. The second kappa shape index (κ2) is 6.37. The Kier molecular flexibility index (Phi) is 5.35. The number of likely N-dealkylation sites (N-methyl/N-ethyl adjacent to an activating group) is 1. The Bertz CT molecular complexity index is 336. The SMILES string of the molecule is CC(=O)CCC1CN(C)CCN1C(=O)OC(C)(C)C. The molecule has 1 atom stereocenters. The molecule has 1 fully saturated rings. The molecule has 0 aromatic rings. The summed E-state index contributed by atoms with van der Waals surface area (Å²) in [7, 11) is 2.03. The van der Waals surface area contributed by atoms with E-state index in [0.29, 0.717) is 19.4 Å². The molecule has 0 aromatic heterocycles. The molecule has 0 radical (unpaired) electrons. The summed E-state index contributed by atoms with van der Waals surface area (Å²) >= 11 is 0. The van der Waals surface area contributed by atoms with E-state index >= 15 is 0 Å². The van der Waals surface area contributed by atoms with Crippen LogP contribution in [0, 0.1) is 0 Å². The van der Waals surface area contributed by atoms with Gasteiger partial charge in [0, 0.05) is 32.1 Å². The van der Waals surface area contributed by atoms with Gasteiger partial charge in [-0.15, -0.1) is 0 Å². The number of ketones is 1. The zero-order valence-corrected chi connectivity index (χ0v) is 12.7. The lowest BCUT2D eigenvalue weighted by molar-refractivity contribution is -0.117. The standard InChI is InChI=1S/C14H26N2O3/c1-11(17)6-7-12-10-15(5)8-9-16(12)13(18)19-14(2,3)4/h12H,6-10H2,1-5H3. The summed E-state index contributed by atoms with van der Waals surface area (Å²) in [6, 6.07) is 0.0671. The highest BCUT2D eigenvalue weighted by atomic mass is 16.6. The van der Waals surface area contributed by atoms with Gasteiger partial charge >= 0.3 is 6.09 Å². The van der Waals surface area contributed by atoms with E-state index in [0.717, 1.165) is 13.1 Å². The third kappa shape index (κ3) is 5.59. The molecule has 0 bridgehead atoms. The number of hydrogen-bond acceptors (Lipinski definition) is 4. The average Bonchev–Trinajstić information content (AvgIpc) is 2.23. The minimum absolute atomic E-state index is 0.0671. The van der Waals surface area contributed by atoms with E-state index in [1.807, 2.05) is 27.8 Å². The van der Waals surface area contributed by atoms with Crippen LogP contribution in [0.25, 0.3) is 0 Å². The van der Waals surface area contributed by atoms with E-state index in [1.54, 1.807) is 11.8 Å². The summed E-state index contributed by atoms with van der Waals surface area (Å²) < 4.78 is 5.43. The first-order chi connectivity index (χ1) is 8.69. The minimum Gasteiger partial charge on any atom is -0.444 e. The Morgan fingerprint density at radius 2 is 1.89 bits per heavy atom. The molecule has 0 N–H and O–H groups in total. The highest BCUT2D eigenvalue weighted by molar-refractivity contribution is 5.75. The Balaban J connectivity index is 2.65. The number of ether oxygens (including phenoxy) is 1. The number of amides is 1. The van der Waals surface area contributed by atoms with Gasteiger partial charge in [-0.3, -0.25) is 0 Å². The van der Waals surface area contributed by atoms with Crippen LogP contribution >= 0.6 is 0 Å². The molecule has 1 rings (SSSR count). The predicted octanol–water partition coefficient (Wildman–Crippen LogP) is 1.91. The number of carbonyl (C=O) groups is 2. The fourth-order valence-corrected chi connectivity index (χ4v) is 2.19. The Hall–Kier alpha value is -1.10. The molecule has 1 unspecified atom stereocenters. The van der Waals surface area contributed by atoms with Gasteiger partial charge in [0.1, 0.15) is 11.4 Å². The number of nitrogens with zero attached hydrogens (tertiary/aromatic N) is 2. The van der Waals surface area contributed by atoms with Crippen molar-refractivity contribution < 1.29 is 14.3 Å². The van der Waals surface area contributed by atoms with Crippen molar-refractivity contribution in [2.24, 2.45) is 0 Å². The maximum absolute atomic E-state index is 12.2. The number of hydrogen-bond donors (Lipinski definition) is 0. The maximum Gasteiger partial charge on any atom is 0.410 e. The van der Waals surface area contributed by atoms with Crippen LogP contribution in [0.15, 0.2) is 0 Å². The van der Waals surface area contributed by atoms with E-state index in [4.69, 9.17) is 4.74 Å². The van der Waals surface area contributed by atoms with Crippen LogP contribution in [0.2, 0.25) is 0 Å². The molecule has 0 spiro atoms. The smallest absolute Gasteiger partial charge is 0.410 e. The van der Waals surface area contributed by atoms with Crippen molar-refractivity contribution in [2.45, 2.75) is 52.2 Å². The van der Waals surface area contributed by atoms with E-state index in [9.17, 15) is 9.59 Å². The van der Waals surface area contributed by atoms with Crippen LogP contribution in [-0.2, 0) is 9.53 Å². The second-order valence-electron chi connectivity index (χ2n) is 6.33. The van der Waals surface area contributed by atoms with Gasteiger partial charge in [0.2, 0.25) is 0 Å². The van der Waals surface area contributed by atoms with Gasteiger partial charge < -0.3 is 19.3 Å². The van der Waals surface area contributed by atoms with Crippen LogP contribution in [0.4, 0.5) is 4.79 Å². The first-order valence-corrected chi connectivity index (χ1v) is 6.86. The normalized spacial score (nSPS) is 21.3. The first kappa shape index (κ1) is 16.0. The number of carbonyl (C=O) groups excluding carboxylic acids is 2. The van der Waals surface area contributed by atoms with Gasteiger partial charge in [-0.2, -0.15) is 0 Å². The summed E-state index contributed by atoms with van der Waals surface area (Å²) in [5.41, 5.74) is -0.481. The summed E-state index contributed by atoms with van der Waals surface area (Å²) in [6.07, 6.45) is 0.950. The number of Topliss-reactive ketones (excluding diaryl/α,β-unsaturated/α-hetero) is 1. The Labute approximate surface area is 115 Å². The highest BCUT2D eigenvalue weighted by Gasteiger charge is 2.32. The van der Waals surface area contributed by atoms with Gasteiger partial charge in [-0.05, 0) is 41.2 Å². The molecular formula is C14H26N2O3. The molecule has 1 aliphatic rings. The average molecular weight is 270 g/mol. The zero-order valence-electron chi connectivity index (χ0n) is 12.7. The van der Waals surface area contributed by atoms with Crippen LogP contribution in [-0.4, -0.2) is 60.0 Å². The fourth-order valence-electron chi connectivity index (χ4n) is 2.19. The second-order valence-corrected chi connectivity index (χ2v) is 6.33. The van der Waals surface area contributed by atoms with E-state index in [2.05, 4.69) is 4.90 Å². The predicted molar refractivity (Wildman–Crippen MR) is 74.1 cm³/mol. The quantitative estimate of drug-likeness (QED) is 0.786. The number of piperazine rings is 1. The molecule has 0 aliphatic carbocycles. The van der Waals surface area contributed by atoms with E-state index in [1.165, 1.54) is 0 Å². The van der Waals surface area contributed by atoms with Crippen molar-refractivity contribution in [1.82, 2.24) is 9.80 Å². The van der Waals surface area contributed by atoms with Gasteiger partial charge in [0.25, 0.3) is 0 Å². The van der Waals surface area contributed by atoms with Crippen molar-refractivity contribution in [2.75, 3.05) is 26.7 Å². The Morgan fingerprint density at radius 1 is 1.26 bits per heavy atom. The van der Waals surface area contributed by atoms with Crippen molar-refractivity contribution in [1.29, 1.82) is 0 Å². The zero-order chi connectivity index (χ0) is 14.6. The third-order valence-corrected chi connectivity index (χ3v) is 3.14. The molecular weight excluding hydrogens is 244 g/mol. The highest BCUT2D eigenvalue weighted by Crippen LogP contribution is 2.18. The molecule has 5 heteroatoms. The van der Waals surface area contributed by atoms with Crippen LogP contribution in [0.1, 0.15) is 40.5 Å². The fraction of sp³-hybridized carbons (Fsp3) is 0.857. The molecule has 1 heterocycles. The summed E-state index contributed by atoms with van der Waals surface area (Å²) in [6.45, 7) is 9.49. The van der Waals surface area contributed by atoms with E-state index in [-0.39, 0.29) is 17.9 Å². The van der Waals surface area contributed by atoms with Crippen LogP contribution < -0.4 is 0 Å². The molecule has 1 amide bonds. The largest absolute Gasteiger partial charge is 0.444 e. The minimum atomic E-state index is -0.481. The van der Waals surface area contributed by atoms with Gasteiger partial charge in [-0.25, -0.2) is 4.79 Å². The van der Waals surface area contributed by atoms with Crippen LogP contribution in [0.5, 0.6) is 0 Å². The van der Waals surface area contributed by atoms with Gasteiger partial charge in [-0.1, -0.05) is 0 Å². The molecule has 0 aromatic carbocycles. The lowest BCUT2D eigenvalue weighted by Gasteiger charge is -2.40. The van der Waals surface area contributed by atoms with Gasteiger partial charge in [0.05, 0.1) is 0 Å².